The number of rotatable bonds is 4. The summed E-state index contributed by atoms with van der Waals surface area (Å²) in [6.07, 6.45) is 3.99. The fraction of sp³-hybridized carbons (Fsp3) is 0.182. The van der Waals surface area contributed by atoms with Crippen LogP contribution in [0.3, 0.4) is 0 Å². The smallest absolute Gasteiger partial charge is 0.350 e. The van der Waals surface area contributed by atoms with E-state index in [1.165, 1.54) is 0 Å². The number of nitro groups is 1. The summed E-state index contributed by atoms with van der Waals surface area (Å²) >= 11 is 0. The molecule has 2 rings (SSSR count). The lowest BCUT2D eigenvalue weighted by Crippen LogP contribution is -2.32. The van der Waals surface area contributed by atoms with Gasteiger partial charge < -0.3 is 4.57 Å². The molecule has 1 N–H and O–H groups in total. The molecule has 0 saturated carbocycles. The van der Waals surface area contributed by atoms with Crippen molar-refractivity contribution in [2.45, 2.75) is 6.54 Å². The van der Waals surface area contributed by atoms with Gasteiger partial charge in [0, 0.05) is 25.0 Å². The first-order valence-electron chi connectivity index (χ1n) is 5.52. The highest BCUT2D eigenvalue weighted by molar-refractivity contribution is 5.95. The number of nitrogens with one attached hydrogen (secondary N) is 1. The lowest BCUT2D eigenvalue weighted by molar-refractivity contribution is -0.386. The first-order valence-corrected chi connectivity index (χ1v) is 5.52. The standard InChI is InChI=1S/C11H10N4O5/c1-13-3-2-7(4-13)9(16)6-14-5-8(15(19)20)10(17)12-11(14)18/h2-5H,6H2,1H3,(H,12,17,18). The Kier molecular flexibility index (Phi) is 3.34. The molecule has 9 heteroatoms. The Labute approximate surface area is 111 Å². The van der Waals surface area contributed by atoms with Crippen molar-refractivity contribution in [2.24, 2.45) is 7.05 Å². The largest absolute Gasteiger partial charge is 0.357 e. The van der Waals surface area contributed by atoms with E-state index < -0.39 is 27.6 Å². The predicted octanol–water partition coefficient (Wildman–Crippen LogP) is -0.334. The zero-order valence-corrected chi connectivity index (χ0v) is 10.4. The summed E-state index contributed by atoms with van der Waals surface area (Å²) in [7, 11) is 1.73. The maximum absolute atomic E-state index is 11.9. The molecule has 0 bridgehead atoms. The molecule has 0 amide bonds. The molecular formula is C11H10N4O5. The van der Waals surface area contributed by atoms with Crippen LogP contribution in [0.5, 0.6) is 0 Å². The monoisotopic (exact) mass is 278 g/mol. The van der Waals surface area contributed by atoms with Gasteiger partial charge in [-0.15, -0.1) is 0 Å². The summed E-state index contributed by atoms with van der Waals surface area (Å²) in [5.74, 6) is -0.394. The average Bonchev–Trinajstić information content (AvgIpc) is 2.79. The van der Waals surface area contributed by atoms with Crippen molar-refractivity contribution in [3.63, 3.8) is 0 Å². The van der Waals surface area contributed by atoms with Crippen LogP contribution in [-0.2, 0) is 13.6 Å². The highest BCUT2D eigenvalue weighted by Crippen LogP contribution is 2.04. The van der Waals surface area contributed by atoms with E-state index in [4.69, 9.17) is 0 Å². The molecule has 0 fully saturated rings. The van der Waals surface area contributed by atoms with E-state index in [2.05, 4.69) is 0 Å². The van der Waals surface area contributed by atoms with Crippen molar-refractivity contribution in [3.8, 4) is 0 Å². The van der Waals surface area contributed by atoms with Gasteiger partial charge in [0.05, 0.1) is 17.7 Å². The summed E-state index contributed by atoms with van der Waals surface area (Å²) in [5, 5.41) is 10.6. The van der Waals surface area contributed by atoms with Gasteiger partial charge in [-0.1, -0.05) is 0 Å². The van der Waals surface area contributed by atoms with Crippen LogP contribution in [0.2, 0.25) is 0 Å². The van der Waals surface area contributed by atoms with Crippen molar-refractivity contribution in [3.05, 3.63) is 61.2 Å². The van der Waals surface area contributed by atoms with E-state index in [1.807, 2.05) is 0 Å². The minimum Gasteiger partial charge on any atom is -0.357 e. The van der Waals surface area contributed by atoms with Crippen LogP contribution in [0, 0.1) is 10.1 Å². The summed E-state index contributed by atoms with van der Waals surface area (Å²) in [6.45, 7) is -0.388. The number of carbonyl (C=O) groups is 1. The second-order valence-electron chi connectivity index (χ2n) is 4.15. The van der Waals surface area contributed by atoms with Crippen LogP contribution in [0.15, 0.2) is 34.2 Å². The third-order valence-electron chi connectivity index (χ3n) is 2.66. The van der Waals surface area contributed by atoms with Crippen LogP contribution < -0.4 is 11.2 Å². The molecule has 20 heavy (non-hydrogen) atoms. The molecule has 0 unspecified atom stereocenters. The Morgan fingerprint density at radius 2 is 2.10 bits per heavy atom. The summed E-state index contributed by atoms with van der Waals surface area (Å²) in [6, 6.07) is 1.56. The van der Waals surface area contributed by atoms with E-state index >= 15 is 0 Å². The molecule has 0 aromatic carbocycles. The molecule has 2 aromatic rings. The molecule has 0 saturated heterocycles. The molecule has 0 aliphatic carbocycles. The molecule has 9 nitrogen and oxygen atoms in total. The Bertz CT molecular complexity index is 798. The van der Waals surface area contributed by atoms with E-state index in [9.17, 15) is 24.5 Å². The normalized spacial score (nSPS) is 10.4. The van der Waals surface area contributed by atoms with Crippen LogP contribution in [0.25, 0.3) is 0 Å². The van der Waals surface area contributed by atoms with Gasteiger partial charge in [0.25, 0.3) is 0 Å². The van der Waals surface area contributed by atoms with E-state index in [1.54, 1.807) is 35.1 Å². The zero-order chi connectivity index (χ0) is 14.9. The number of aromatic nitrogens is 3. The number of hydrogen-bond acceptors (Lipinski definition) is 5. The van der Waals surface area contributed by atoms with Gasteiger partial charge in [0.2, 0.25) is 0 Å². The molecular weight excluding hydrogens is 268 g/mol. The minimum atomic E-state index is -1.09. The van der Waals surface area contributed by atoms with Gasteiger partial charge in [-0.05, 0) is 6.07 Å². The fourth-order valence-corrected chi connectivity index (χ4v) is 1.66. The molecule has 0 spiro atoms. The van der Waals surface area contributed by atoms with E-state index in [0.29, 0.717) is 5.56 Å². The van der Waals surface area contributed by atoms with Gasteiger partial charge in [0.15, 0.2) is 5.78 Å². The van der Waals surface area contributed by atoms with Crippen LogP contribution in [0.4, 0.5) is 5.69 Å². The number of hydrogen-bond donors (Lipinski definition) is 1. The van der Waals surface area contributed by atoms with Crippen molar-refractivity contribution in [1.29, 1.82) is 0 Å². The molecule has 0 radical (unpaired) electrons. The number of carbonyl (C=O) groups excluding carboxylic acids is 1. The van der Waals surface area contributed by atoms with E-state index in [0.717, 1.165) is 10.8 Å². The van der Waals surface area contributed by atoms with Gasteiger partial charge in [0.1, 0.15) is 0 Å². The van der Waals surface area contributed by atoms with Crippen molar-refractivity contribution >= 4 is 11.5 Å². The Hall–Kier alpha value is -2.97. The summed E-state index contributed by atoms with van der Waals surface area (Å²) in [4.78, 5) is 46.1. The topological polar surface area (TPSA) is 120 Å². The second kappa shape index (κ2) is 4.96. The maximum atomic E-state index is 11.9. The van der Waals surface area contributed by atoms with Crippen LogP contribution >= 0.6 is 0 Å². The van der Waals surface area contributed by atoms with Gasteiger partial charge in [-0.2, -0.15) is 0 Å². The van der Waals surface area contributed by atoms with Crippen molar-refractivity contribution < 1.29 is 9.72 Å². The number of H-pyrrole nitrogens is 1. The summed E-state index contributed by atoms with van der Waals surface area (Å²) in [5.41, 5.74) is -2.38. The Morgan fingerprint density at radius 3 is 2.65 bits per heavy atom. The third-order valence-corrected chi connectivity index (χ3v) is 2.66. The van der Waals surface area contributed by atoms with Crippen LogP contribution in [-0.4, -0.2) is 24.8 Å². The predicted molar refractivity (Wildman–Crippen MR) is 67.7 cm³/mol. The van der Waals surface area contributed by atoms with Gasteiger partial charge >= 0.3 is 16.9 Å². The second-order valence-corrected chi connectivity index (χ2v) is 4.15. The zero-order valence-electron chi connectivity index (χ0n) is 10.4. The maximum Gasteiger partial charge on any atom is 0.350 e. The highest BCUT2D eigenvalue weighted by Gasteiger charge is 2.17. The first-order chi connectivity index (χ1) is 9.38. The van der Waals surface area contributed by atoms with Gasteiger partial charge in [-0.3, -0.25) is 29.3 Å². The first kappa shape index (κ1) is 13.5. The number of aromatic amines is 1. The average molecular weight is 278 g/mol. The highest BCUT2D eigenvalue weighted by atomic mass is 16.6. The molecule has 0 aliphatic rings. The Balaban J connectivity index is 2.37. The van der Waals surface area contributed by atoms with E-state index in [-0.39, 0.29) is 6.54 Å². The molecule has 2 heterocycles. The lowest BCUT2D eigenvalue weighted by atomic mass is 10.2. The molecule has 104 valence electrons. The number of nitrogens with zero attached hydrogens (tertiary/aromatic N) is 3. The molecule has 0 atom stereocenters. The quantitative estimate of drug-likeness (QED) is 0.466. The SMILES string of the molecule is Cn1ccc(C(=O)Cn2cc([N+](=O)[O-])c(=O)[nH]c2=O)c1. The van der Waals surface area contributed by atoms with Gasteiger partial charge in [-0.25, -0.2) is 4.79 Å². The third kappa shape index (κ3) is 2.55. The van der Waals surface area contributed by atoms with Crippen molar-refractivity contribution in [2.75, 3.05) is 0 Å². The van der Waals surface area contributed by atoms with Crippen molar-refractivity contribution in [1.82, 2.24) is 14.1 Å². The fourth-order valence-electron chi connectivity index (χ4n) is 1.66. The number of Topliss-reactive ketones (excluding diaryl/α,β-unsaturated/α-hetero) is 1. The minimum absolute atomic E-state index is 0.369. The molecule has 0 aliphatic heterocycles. The lowest BCUT2D eigenvalue weighted by Gasteiger charge is -2.02. The number of ketones is 1. The number of aryl methyl sites for hydroxylation is 1. The summed E-state index contributed by atoms with van der Waals surface area (Å²) < 4.78 is 2.46. The Morgan fingerprint density at radius 1 is 1.40 bits per heavy atom. The molecule has 2 aromatic heterocycles. The van der Waals surface area contributed by atoms with Crippen LogP contribution in [0.1, 0.15) is 10.4 Å².